The zero-order valence-electron chi connectivity index (χ0n) is 19.1. The van der Waals surface area contributed by atoms with E-state index in [4.69, 9.17) is 5.73 Å². The Kier molecular flexibility index (Phi) is 7.16. The molecule has 0 bridgehead atoms. The third kappa shape index (κ3) is 5.61. The fourth-order valence-electron chi connectivity index (χ4n) is 4.18. The molecular weight excluding hydrogens is 533 g/mol. The van der Waals surface area contributed by atoms with E-state index in [9.17, 15) is 44.3 Å². The summed E-state index contributed by atoms with van der Waals surface area (Å²) in [6.45, 7) is -0.390. The highest BCUT2D eigenvalue weighted by Gasteiger charge is 2.42. The summed E-state index contributed by atoms with van der Waals surface area (Å²) >= 11 is 0. The van der Waals surface area contributed by atoms with Crippen molar-refractivity contribution < 1.29 is 44.3 Å². The summed E-state index contributed by atoms with van der Waals surface area (Å²) in [6, 6.07) is 1.95. The summed E-state index contributed by atoms with van der Waals surface area (Å²) in [6.07, 6.45) is -10.5. The monoisotopic (exact) mass is 551 g/mol. The molecule has 0 saturated carbocycles. The molecule has 2 heterocycles. The molecule has 2 atom stereocenters. The molecule has 0 aliphatic carbocycles. The lowest BCUT2D eigenvalue weighted by Crippen LogP contribution is -2.45. The fraction of sp³-hybridized carbons (Fsp3) is 0.348. The van der Waals surface area contributed by atoms with Crippen LogP contribution in [0.1, 0.15) is 40.8 Å². The van der Waals surface area contributed by atoms with Crippen LogP contribution in [0.25, 0.3) is 0 Å². The van der Waals surface area contributed by atoms with E-state index in [0.717, 1.165) is 33.8 Å². The molecule has 1 unspecified atom stereocenters. The number of nitrogens with zero attached hydrogens (tertiary/aromatic N) is 4. The Morgan fingerprint density at radius 3 is 2.18 bits per heavy atom. The molecule has 204 valence electrons. The van der Waals surface area contributed by atoms with Gasteiger partial charge in [0.15, 0.2) is 17.5 Å². The Morgan fingerprint density at radius 2 is 1.58 bits per heavy atom. The number of carbonyl (C=O) groups is 1. The maximum atomic E-state index is 14.0. The zero-order valence-corrected chi connectivity index (χ0v) is 19.1. The lowest BCUT2D eigenvalue weighted by atomic mass is 9.98. The second-order valence-corrected chi connectivity index (χ2v) is 8.65. The summed E-state index contributed by atoms with van der Waals surface area (Å²) in [7, 11) is 0. The first-order valence-electron chi connectivity index (χ1n) is 11.0. The van der Waals surface area contributed by atoms with E-state index < -0.39 is 65.6 Å². The van der Waals surface area contributed by atoms with Gasteiger partial charge in [0.2, 0.25) is 5.91 Å². The molecule has 2 aromatic carbocycles. The molecule has 38 heavy (non-hydrogen) atoms. The number of amides is 1. The van der Waals surface area contributed by atoms with E-state index in [0.29, 0.717) is 12.1 Å². The molecule has 0 fully saturated rings. The van der Waals surface area contributed by atoms with E-state index in [1.165, 1.54) is 0 Å². The number of aromatic nitrogens is 3. The molecule has 1 aromatic heterocycles. The molecule has 0 saturated heterocycles. The maximum Gasteiger partial charge on any atom is 0.453 e. The largest absolute Gasteiger partial charge is 0.453 e. The van der Waals surface area contributed by atoms with Crippen molar-refractivity contribution in [3.8, 4) is 0 Å². The van der Waals surface area contributed by atoms with Gasteiger partial charge in [0.1, 0.15) is 11.9 Å². The molecule has 1 amide bonds. The molecule has 4 rings (SSSR count). The first kappa shape index (κ1) is 27.4. The Balaban J connectivity index is 1.64. The number of rotatable bonds is 5. The Labute approximate surface area is 208 Å². The number of benzene rings is 2. The summed E-state index contributed by atoms with van der Waals surface area (Å²) in [4.78, 5) is 17.8. The highest BCUT2D eigenvalue weighted by atomic mass is 19.4. The van der Waals surface area contributed by atoms with Crippen molar-refractivity contribution >= 4 is 5.91 Å². The summed E-state index contributed by atoms with van der Waals surface area (Å²) in [5.41, 5.74) is 4.67. The number of hydrogen-bond donors (Lipinski definition) is 1. The SMILES string of the molecule is N[C@@H](CC(=O)N1CCn2nc(C(F)(F)F)nc2C1c1ccc(C(F)(F)F)cc1)Cc1cc(F)c(F)cc1F. The molecule has 0 radical (unpaired) electrons. The molecule has 0 spiro atoms. The first-order valence-corrected chi connectivity index (χ1v) is 11.0. The smallest absolute Gasteiger partial charge is 0.327 e. The van der Waals surface area contributed by atoms with Gasteiger partial charge in [0.25, 0.3) is 5.82 Å². The standard InChI is InChI=1S/C23H18F9N5O/c24-15-10-17(26)16(25)8-12(15)7-14(33)9-18(38)36-5-6-37-20(34-21(35-37)23(30,31)32)19(36)11-1-3-13(4-2-11)22(27,28)29/h1-4,8,10,14,19H,5-7,9,33H2/t14-,19?/m1/s1. The Morgan fingerprint density at radius 1 is 0.947 bits per heavy atom. The van der Waals surface area contributed by atoms with Gasteiger partial charge < -0.3 is 10.6 Å². The van der Waals surface area contributed by atoms with E-state index >= 15 is 0 Å². The maximum absolute atomic E-state index is 14.0. The topological polar surface area (TPSA) is 77.0 Å². The number of hydrogen-bond acceptors (Lipinski definition) is 4. The molecule has 1 aliphatic heterocycles. The summed E-state index contributed by atoms with van der Waals surface area (Å²) < 4.78 is 121. The van der Waals surface area contributed by atoms with Crippen LogP contribution in [-0.2, 0) is 30.1 Å². The number of nitrogens with two attached hydrogens (primary N) is 1. The van der Waals surface area contributed by atoms with Crippen LogP contribution < -0.4 is 5.73 Å². The third-order valence-electron chi connectivity index (χ3n) is 5.95. The second kappa shape index (κ2) is 9.93. The lowest BCUT2D eigenvalue weighted by molar-refractivity contribution is -0.145. The van der Waals surface area contributed by atoms with Crippen LogP contribution in [-0.4, -0.2) is 38.2 Å². The van der Waals surface area contributed by atoms with Crippen LogP contribution in [0.15, 0.2) is 36.4 Å². The van der Waals surface area contributed by atoms with Crippen molar-refractivity contribution in [1.82, 2.24) is 19.7 Å². The van der Waals surface area contributed by atoms with Gasteiger partial charge in [-0.25, -0.2) is 22.8 Å². The van der Waals surface area contributed by atoms with Gasteiger partial charge in [-0.2, -0.15) is 26.3 Å². The number of halogens is 9. The van der Waals surface area contributed by atoms with Crippen molar-refractivity contribution in [3.63, 3.8) is 0 Å². The fourth-order valence-corrected chi connectivity index (χ4v) is 4.18. The van der Waals surface area contributed by atoms with E-state index in [-0.39, 0.29) is 36.5 Å². The van der Waals surface area contributed by atoms with Gasteiger partial charge in [0.05, 0.1) is 12.1 Å². The Hall–Kier alpha value is -3.62. The van der Waals surface area contributed by atoms with Gasteiger partial charge >= 0.3 is 12.4 Å². The van der Waals surface area contributed by atoms with Gasteiger partial charge in [-0.1, -0.05) is 12.1 Å². The minimum Gasteiger partial charge on any atom is -0.327 e. The van der Waals surface area contributed by atoms with Crippen LogP contribution in [0, 0.1) is 17.5 Å². The minimum atomic E-state index is -4.92. The van der Waals surface area contributed by atoms with Crippen molar-refractivity contribution in [2.24, 2.45) is 5.73 Å². The predicted octanol–water partition coefficient (Wildman–Crippen LogP) is 4.62. The average Bonchev–Trinajstić information content (AvgIpc) is 3.26. The summed E-state index contributed by atoms with van der Waals surface area (Å²) in [5, 5.41) is 3.42. The van der Waals surface area contributed by atoms with Gasteiger partial charge in [-0.15, -0.1) is 5.10 Å². The van der Waals surface area contributed by atoms with Crippen LogP contribution in [0.3, 0.4) is 0 Å². The van der Waals surface area contributed by atoms with Crippen LogP contribution in [0.2, 0.25) is 0 Å². The molecule has 15 heteroatoms. The second-order valence-electron chi connectivity index (χ2n) is 8.65. The van der Waals surface area contributed by atoms with Crippen molar-refractivity contribution in [3.05, 3.63) is 82.2 Å². The van der Waals surface area contributed by atoms with Crippen molar-refractivity contribution in [1.29, 1.82) is 0 Å². The van der Waals surface area contributed by atoms with Gasteiger partial charge in [-0.05, 0) is 35.7 Å². The van der Waals surface area contributed by atoms with Gasteiger partial charge in [0, 0.05) is 25.1 Å². The van der Waals surface area contributed by atoms with E-state index in [1.807, 2.05) is 0 Å². The normalized spacial score (nSPS) is 16.9. The average molecular weight is 551 g/mol. The molecule has 2 N–H and O–H groups in total. The third-order valence-corrected chi connectivity index (χ3v) is 5.95. The molecule has 6 nitrogen and oxygen atoms in total. The lowest BCUT2D eigenvalue weighted by Gasteiger charge is -2.36. The predicted molar refractivity (Wildman–Crippen MR) is 113 cm³/mol. The minimum absolute atomic E-state index is 0.0358. The highest BCUT2D eigenvalue weighted by Crippen LogP contribution is 2.36. The van der Waals surface area contributed by atoms with E-state index in [1.54, 1.807) is 0 Å². The van der Waals surface area contributed by atoms with Crippen LogP contribution in [0.4, 0.5) is 39.5 Å². The number of carbonyl (C=O) groups excluding carboxylic acids is 1. The molecular formula is C23H18F9N5O. The van der Waals surface area contributed by atoms with Gasteiger partial charge in [-0.3, -0.25) is 4.79 Å². The van der Waals surface area contributed by atoms with Crippen molar-refractivity contribution in [2.45, 2.75) is 43.8 Å². The van der Waals surface area contributed by atoms with E-state index in [2.05, 4.69) is 10.1 Å². The zero-order chi connectivity index (χ0) is 28.0. The quantitative estimate of drug-likeness (QED) is 0.371. The van der Waals surface area contributed by atoms with Crippen molar-refractivity contribution in [2.75, 3.05) is 6.54 Å². The highest BCUT2D eigenvalue weighted by molar-refractivity contribution is 5.78. The molecule has 3 aromatic rings. The Bertz CT molecular complexity index is 1330. The summed E-state index contributed by atoms with van der Waals surface area (Å²) in [5.74, 6) is -6.35. The molecule has 1 aliphatic rings. The van der Waals surface area contributed by atoms with Crippen LogP contribution in [0.5, 0.6) is 0 Å². The van der Waals surface area contributed by atoms with Crippen LogP contribution >= 0.6 is 0 Å². The number of alkyl halides is 6. The number of fused-ring (bicyclic) bond motifs is 1. The first-order chi connectivity index (χ1) is 17.6.